The molecule has 116 valence electrons. The Morgan fingerprint density at radius 1 is 1.29 bits per heavy atom. The van der Waals surface area contributed by atoms with Gasteiger partial charge in [0.2, 0.25) is 0 Å². The zero-order valence-electron chi connectivity index (χ0n) is 12.6. The van der Waals surface area contributed by atoms with E-state index in [9.17, 15) is 8.78 Å². The van der Waals surface area contributed by atoms with E-state index in [0.717, 1.165) is 31.8 Å². The van der Waals surface area contributed by atoms with Crippen molar-refractivity contribution in [3.63, 3.8) is 0 Å². The van der Waals surface area contributed by atoms with Crippen LogP contribution in [0, 0.1) is 17.6 Å². The Bertz CT molecular complexity index is 488. The molecule has 0 amide bonds. The Hall–Kier alpha value is -1.00. The van der Waals surface area contributed by atoms with Crippen molar-refractivity contribution in [1.82, 2.24) is 10.2 Å². The smallest absolute Gasteiger partial charge is 0.163 e. The van der Waals surface area contributed by atoms with Crippen LogP contribution in [0.1, 0.15) is 38.2 Å². The highest BCUT2D eigenvalue weighted by Gasteiger charge is 2.38. The fourth-order valence-corrected chi connectivity index (χ4v) is 3.46. The molecule has 4 heteroatoms. The summed E-state index contributed by atoms with van der Waals surface area (Å²) >= 11 is 0. The Labute approximate surface area is 125 Å². The van der Waals surface area contributed by atoms with Gasteiger partial charge in [0.25, 0.3) is 0 Å². The van der Waals surface area contributed by atoms with Crippen molar-refractivity contribution in [2.45, 2.75) is 51.2 Å². The number of nitrogens with zero attached hydrogens (tertiary/aromatic N) is 1. The lowest BCUT2D eigenvalue weighted by Gasteiger charge is -2.41. The van der Waals surface area contributed by atoms with E-state index in [2.05, 4.69) is 17.1 Å². The highest BCUT2D eigenvalue weighted by atomic mass is 19.2. The first kappa shape index (κ1) is 14.9. The topological polar surface area (TPSA) is 15.3 Å². The minimum Gasteiger partial charge on any atom is -0.311 e. The average molecular weight is 294 g/mol. The van der Waals surface area contributed by atoms with E-state index in [1.165, 1.54) is 18.9 Å². The molecule has 2 fully saturated rings. The normalized spacial score (nSPS) is 27.0. The number of nitrogens with one attached hydrogen (secondary N) is 1. The summed E-state index contributed by atoms with van der Waals surface area (Å²) in [6.07, 6.45) is 4.83. The molecule has 1 aromatic rings. The molecule has 0 spiro atoms. The van der Waals surface area contributed by atoms with E-state index in [0.29, 0.717) is 24.2 Å². The SMILES string of the molecule is CCCC1CN(Cc2cccc(F)c2F)C(C2CC2)CN1. The molecule has 0 bridgehead atoms. The number of benzene rings is 1. The summed E-state index contributed by atoms with van der Waals surface area (Å²) in [4.78, 5) is 2.37. The summed E-state index contributed by atoms with van der Waals surface area (Å²) in [5, 5.41) is 3.62. The maximum atomic E-state index is 13.9. The number of halogens is 2. The van der Waals surface area contributed by atoms with Gasteiger partial charge in [-0.1, -0.05) is 25.5 Å². The molecule has 1 saturated heterocycles. The highest BCUT2D eigenvalue weighted by molar-refractivity contribution is 5.19. The van der Waals surface area contributed by atoms with Crippen molar-refractivity contribution in [3.05, 3.63) is 35.4 Å². The molecule has 2 unspecified atom stereocenters. The van der Waals surface area contributed by atoms with Crippen LogP contribution < -0.4 is 5.32 Å². The summed E-state index contributed by atoms with van der Waals surface area (Å²) in [6, 6.07) is 5.45. The van der Waals surface area contributed by atoms with Crippen LogP contribution in [-0.4, -0.2) is 30.1 Å². The van der Waals surface area contributed by atoms with Crippen molar-refractivity contribution in [2.24, 2.45) is 5.92 Å². The first-order chi connectivity index (χ1) is 10.2. The van der Waals surface area contributed by atoms with Gasteiger partial charge in [-0.05, 0) is 31.2 Å². The Morgan fingerprint density at radius 3 is 2.81 bits per heavy atom. The lowest BCUT2D eigenvalue weighted by molar-refractivity contribution is 0.103. The van der Waals surface area contributed by atoms with Crippen LogP contribution in [-0.2, 0) is 6.54 Å². The Kier molecular flexibility index (Phi) is 4.55. The van der Waals surface area contributed by atoms with Crippen molar-refractivity contribution in [2.75, 3.05) is 13.1 Å². The second kappa shape index (κ2) is 6.41. The first-order valence-electron chi connectivity index (χ1n) is 8.09. The predicted molar refractivity (Wildman–Crippen MR) is 80.0 cm³/mol. The maximum absolute atomic E-state index is 13.9. The average Bonchev–Trinajstić information content (AvgIpc) is 3.29. The van der Waals surface area contributed by atoms with Crippen LogP contribution in [0.4, 0.5) is 8.78 Å². The molecule has 1 heterocycles. The van der Waals surface area contributed by atoms with E-state index < -0.39 is 11.6 Å². The van der Waals surface area contributed by atoms with E-state index >= 15 is 0 Å². The molecule has 0 radical (unpaired) electrons. The Morgan fingerprint density at radius 2 is 2.10 bits per heavy atom. The van der Waals surface area contributed by atoms with Crippen LogP contribution in [0.5, 0.6) is 0 Å². The molecule has 1 aliphatic heterocycles. The molecular weight excluding hydrogens is 270 g/mol. The second-order valence-corrected chi connectivity index (χ2v) is 6.44. The van der Waals surface area contributed by atoms with Crippen molar-refractivity contribution in [1.29, 1.82) is 0 Å². The quantitative estimate of drug-likeness (QED) is 0.896. The van der Waals surface area contributed by atoms with Crippen LogP contribution in [0.3, 0.4) is 0 Å². The zero-order chi connectivity index (χ0) is 14.8. The maximum Gasteiger partial charge on any atom is 0.163 e. The van der Waals surface area contributed by atoms with E-state index in [4.69, 9.17) is 0 Å². The minimum absolute atomic E-state index is 0.473. The van der Waals surface area contributed by atoms with Gasteiger partial charge in [-0.3, -0.25) is 4.90 Å². The molecule has 2 atom stereocenters. The van der Waals surface area contributed by atoms with Crippen LogP contribution >= 0.6 is 0 Å². The van der Waals surface area contributed by atoms with E-state index in [1.54, 1.807) is 12.1 Å². The molecule has 0 aromatic heterocycles. The summed E-state index contributed by atoms with van der Waals surface area (Å²) < 4.78 is 27.3. The van der Waals surface area contributed by atoms with Crippen LogP contribution in [0.25, 0.3) is 0 Å². The molecule has 1 aromatic carbocycles. The van der Waals surface area contributed by atoms with Crippen molar-refractivity contribution >= 4 is 0 Å². The summed E-state index contributed by atoms with van der Waals surface area (Å²) in [5.41, 5.74) is 0.484. The van der Waals surface area contributed by atoms with Gasteiger partial charge >= 0.3 is 0 Å². The van der Waals surface area contributed by atoms with Gasteiger partial charge in [0.1, 0.15) is 0 Å². The highest BCUT2D eigenvalue weighted by Crippen LogP contribution is 2.37. The predicted octanol–water partition coefficient (Wildman–Crippen LogP) is 3.32. The molecule has 1 saturated carbocycles. The number of rotatable bonds is 5. The standard InChI is InChI=1S/C17H24F2N2/c1-2-4-14-11-21(16(9-20-14)12-7-8-12)10-13-5-3-6-15(18)17(13)19/h3,5-6,12,14,16,20H,2,4,7-11H2,1H3. The van der Waals surface area contributed by atoms with E-state index in [1.807, 2.05) is 0 Å². The van der Waals surface area contributed by atoms with Gasteiger partial charge in [-0.15, -0.1) is 0 Å². The molecule has 3 rings (SSSR count). The van der Waals surface area contributed by atoms with Gasteiger partial charge in [0, 0.05) is 37.3 Å². The number of hydrogen-bond donors (Lipinski definition) is 1. The minimum atomic E-state index is -0.740. The number of hydrogen-bond acceptors (Lipinski definition) is 2. The zero-order valence-corrected chi connectivity index (χ0v) is 12.6. The van der Waals surface area contributed by atoms with Crippen molar-refractivity contribution < 1.29 is 8.78 Å². The van der Waals surface area contributed by atoms with Crippen LogP contribution in [0.2, 0.25) is 0 Å². The number of piperazine rings is 1. The molecule has 1 N–H and O–H groups in total. The summed E-state index contributed by atoms with van der Waals surface area (Å²) in [5.74, 6) is -0.690. The fraction of sp³-hybridized carbons (Fsp3) is 0.647. The third-order valence-corrected chi connectivity index (χ3v) is 4.75. The third kappa shape index (κ3) is 3.43. The Balaban J connectivity index is 1.73. The van der Waals surface area contributed by atoms with Crippen LogP contribution in [0.15, 0.2) is 18.2 Å². The van der Waals surface area contributed by atoms with Crippen molar-refractivity contribution in [3.8, 4) is 0 Å². The molecule has 1 aliphatic carbocycles. The first-order valence-corrected chi connectivity index (χ1v) is 8.09. The fourth-order valence-electron chi connectivity index (χ4n) is 3.46. The summed E-state index contributed by atoms with van der Waals surface area (Å²) in [6.45, 7) is 4.62. The largest absolute Gasteiger partial charge is 0.311 e. The molecule has 2 aliphatic rings. The van der Waals surface area contributed by atoms with Gasteiger partial charge in [0.15, 0.2) is 11.6 Å². The molecular formula is C17H24F2N2. The molecule has 2 nitrogen and oxygen atoms in total. The third-order valence-electron chi connectivity index (χ3n) is 4.75. The van der Waals surface area contributed by atoms with Gasteiger partial charge in [-0.25, -0.2) is 8.78 Å². The lowest BCUT2D eigenvalue weighted by Crippen LogP contribution is -2.56. The second-order valence-electron chi connectivity index (χ2n) is 6.44. The molecule has 21 heavy (non-hydrogen) atoms. The van der Waals surface area contributed by atoms with Gasteiger partial charge in [-0.2, -0.15) is 0 Å². The van der Waals surface area contributed by atoms with Gasteiger partial charge < -0.3 is 5.32 Å². The van der Waals surface area contributed by atoms with E-state index in [-0.39, 0.29) is 0 Å². The lowest BCUT2D eigenvalue weighted by atomic mass is 10.0. The van der Waals surface area contributed by atoms with Gasteiger partial charge in [0.05, 0.1) is 0 Å². The monoisotopic (exact) mass is 294 g/mol. The summed E-state index contributed by atoms with van der Waals surface area (Å²) in [7, 11) is 0.